The number of aryl methyl sites for hydroxylation is 2. The Labute approximate surface area is 119 Å². The Morgan fingerprint density at radius 1 is 1.05 bits per heavy atom. The quantitative estimate of drug-likeness (QED) is 0.920. The number of halogens is 1. The van der Waals surface area contributed by atoms with Gasteiger partial charge in [0.05, 0.1) is 6.10 Å². The zero-order chi connectivity index (χ0) is 14.7. The summed E-state index contributed by atoms with van der Waals surface area (Å²) < 4.78 is 12.9. The predicted octanol–water partition coefficient (Wildman–Crippen LogP) is 3.61. The number of aliphatic hydroxyl groups excluding tert-OH is 1. The van der Waals surface area contributed by atoms with Crippen LogP contribution in [0.15, 0.2) is 42.5 Å². The maximum Gasteiger partial charge on any atom is 0.123 e. The van der Waals surface area contributed by atoms with Gasteiger partial charge in [-0.15, -0.1) is 0 Å². The van der Waals surface area contributed by atoms with Gasteiger partial charge in [-0.05, 0) is 54.8 Å². The first-order valence-corrected chi connectivity index (χ1v) is 6.69. The molecule has 0 amide bonds. The summed E-state index contributed by atoms with van der Waals surface area (Å²) in [6.45, 7) is 4.56. The molecule has 20 heavy (non-hydrogen) atoms. The topological polar surface area (TPSA) is 23.5 Å². The normalized spacial score (nSPS) is 12.2. The van der Waals surface area contributed by atoms with E-state index in [-0.39, 0.29) is 5.82 Å². The first-order chi connectivity index (χ1) is 9.47. The maximum absolute atomic E-state index is 12.9. The van der Waals surface area contributed by atoms with Crippen molar-refractivity contribution in [1.82, 2.24) is 0 Å². The van der Waals surface area contributed by atoms with E-state index >= 15 is 0 Å². The van der Waals surface area contributed by atoms with Gasteiger partial charge in [-0.3, -0.25) is 0 Å². The number of likely N-dealkylation sites (N-methyl/N-ethyl adjacent to an activating group) is 1. The van der Waals surface area contributed by atoms with Crippen molar-refractivity contribution in [3.05, 3.63) is 65.0 Å². The number of anilines is 1. The summed E-state index contributed by atoms with van der Waals surface area (Å²) in [5.74, 6) is -0.253. The third-order valence-corrected chi connectivity index (χ3v) is 3.63. The third kappa shape index (κ3) is 3.36. The molecule has 0 heterocycles. The summed E-state index contributed by atoms with van der Waals surface area (Å²) >= 11 is 0. The molecule has 1 N–H and O–H groups in total. The summed E-state index contributed by atoms with van der Waals surface area (Å²) in [7, 11) is 1.89. The largest absolute Gasteiger partial charge is 0.387 e. The van der Waals surface area contributed by atoms with E-state index < -0.39 is 6.10 Å². The second-order valence-corrected chi connectivity index (χ2v) is 5.22. The fraction of sp³-hybridized carbons (Fsp3) is 0.294. The number of aliphatic hydroxyl groups is 1. The lowest BCUT2D eigenvalue weighted by Gasteiger charge is -2.23. The molecule has 0 saturated heterocycles. The van der Waals surface area contributed by atoms with Crippen molar-refractivity contribution >= 4 is 5.69 Å². The number of nitrogens with zero attached hydrogens (tertiary/aromatic N) is 1. The zero-order valence-electron chi connectivity index (χ0n) is 12.1. The van der Waals surface area contributed by atoms with E-state index in [1.165, 1.54) is 23.3 Å². The SMILES string of the molecule is Cc1ccc(C(O)CN(C)c2ccc(F)cc2)cc1C. The first-order valence-electron chi connectivity index (χ1n) is 6.69. The molecule has 1 unspecified atom stereocenters. The standard InChI is InChI=1S/C17H20FNO/c1-12-4-5-14(10-13(12)2)17(20)11-19(3)16-8-6-15(18)7-9-16/h4-10,17,20H,11H2,1-3H3. The van der Waals surface area contributed by atoms with Crippen LogP contribution in [0.25, 0.3) is 0 Å². The van der Waals surface area contributed by atoms with E-state index in [9.17, 15) is 9.50 Å². The van der Waals surface area contributed by atoms with Crippen LogP contribution in [-0.2, 0) is 0 Å². The fourth-order valence-electron chi connectivity index (χ4n) is 2.14. The number of hydrogen-bond acceptors (Lipinski definition) is 2. The number of benzene rings is 2. The van der Waals surface area contributed by atoms with Gasteiger partial charge in [-0.25, -0.2) is 4.39 Å². The average Bonchev–Trinajstić information content (AvgIpc) is 2.42. The highest BCUT2D eigenvalue weighted by molar-refractivity contribution is 5.46. The molecule has 2 aromatic rings. The second kappa shape index (κ2) is 6.06. The second-order valence-electron chi connectivity index (χ2n) is 5.22. The van der Waals surface area contributed by atoms with Crippen molar-refractivity contribution in [3.8, 4) is 0 Å². The van der Waals surface area contributed by atoms with Crippen LogP contribution in [0.3, 0.4) is 0 Å². The van der Waals surface area contributed by atoms with E-state index in [2.05, 4.69) is 6.92 Å². The van der Waals surface area contributed by atoms with Gasteiger partial charge in [0.15, 0.2) is 0 Å². The minimum atomic E-state index is -0.565. The van der Waals surface area contributed by atoms with Crippen molar-refractivity contribution in [3.63, 3.8) is 0 Å². The molecule has 106 valence electrons. The highest BCUT2D eigenvalue weighted by Gasteiger charge is 2.12. The smallest absolute Gasteiger partial charge is 0.123 e. The fourth-order valence-corrected chi connectivity index (χ4v) is 2.14. The van der Waals surface area contributed by atoms with Crippen LogP contribution in [-0.4, -0.2) is 18.7 Å². The van der Waals surface area contributed by atoms with Crippen LogP contribution in [0.4, 0.5) is 10.1 Å². The lowest BCUT2D eigenvalue weighted by molar-refractivity contribution is 0.185. The summed E-state index contributed by atoms with van der Waals surface area (Å²) in [5.41, 5.74) is 4.18. The molecule has 1 atom stereocenters. The molecule has 0 aliphatic carbocycles. The summed E-state index contributed by atoms with van der Waals surface area (Å²) in [6.07, 6.45) is -0.565. The molecule has 0 spiro atoms. The highest BCUT2D eigenvalue weighted by Crippen LogP contribution is 2.20. The molecular formula is C17H20FNO. The molecule has 2 aromatic carbocycles. The minimum Gasteiger partial charge on any atom is -0.387 e. The van der Waals surface area contributed by atoms with E-state index in [0.717, 1.165) is 11.3 Å². The predicted molar refractivity (Wildman–Crippen MR) is 80.5 cm³/mol. The van der Waals surface area contributed by atoms with E-state index in [0.29, 0.717) is 6.54 Å². The van der Waals surface area contributed by atoms with Gasteiger partial charge < -0.3 is 10.0 Å². The Balaban J connectivity index is 2.08. The average molecular weight is 273 g/mol. The van der Waals surface area contributed by atoms with Crippen LogP contribution >= 0.6 is 0 Å². The Kier molecular flexibility index (Phi) is 4.40. The third-order valence-electron chi connectivity index (χ3n) is 3.63. The molecule has 0 radical (unpaired) electrons. The molecule has 0 aromatic heterocycles. The van der Waals surface area contributed by atoms with Crippen molar-refractivity contribution in [2.24, 2.45) is 0 Å². The van der Waals surface area contributed by atoms with Crippen LogP contribution in [0.1, 0.15) is 22.8 Å². The van der Waals surface area contributed by atoms with Crippen molar-refractivity contribution < 1.29 is 9.50 Å². The van der Waals surface area contributed by atoms with Crippen LogP contribution in [0.5, 0.6) is 0 Å². The molecular weight excluding hydrogens is 253 g/mol. The van der Waals surface area contributed by atoms with E-state index in [1.807, 2.05) is 37.1 Å². The highest BCUT2D eigenvalue weighted by atomic mass is 19.1. The summed E-state index contributed by atoms with van der Waals surface area (Å²) in [6, 6.07) is 12.3. The van der Waals surface area contributed by atoms with Crippen LogP contribution in [0, 0.1) is 19.7 Å². The van der Waals surface area contributed by atoms with E-state index in [4.69, 9.17) is 0 Å². The van der Waals surface area contributed by atoms with Gasteiger partial charge in [-0.1, -0.05) is 18.2 Å². The van der Waals surface area contributed by atoms with Crippen LogP contribution in [0.2, 0.25) is 0 Å². The van der Waals surface area contributed by atoms with Gasteiger partial charge in [0.2, 0.25) is 0 Å². The minimum absolute atomic E-state index is 0.253. The molecule has 0 aliphatic rings. The monoisotopic (exact) mass is 273 g/mol. The van der Waals surface area contributed by atoms with E-state index in [1.54, 1.807) is 12.1 Å². The molecule has 0 bridgehead atoms. The van der Waals surface area contributed by atoms with Crippen LogP contribution < -0.4 is 4.90 Å². The summed E-state index contributed by atoms with van der Waals surface area (Å²) in [5, 5.41) is 10.3. The van der Waals surface area contributed by atoms with Gasteiger partial charge >= 0.3 is 0 Å². The van der Waals surface area contributed by atoms with Gasteiger partial charge in [-0.2, -0.15) is 0 Å². The molecule has 2 nitrogen and oxygen atoms in total. The zero-order valence-corrected chi connectivity index (χ0v) is 12.1. The van der Waals surface area contributed by atoms with Crippen molar-refractivity contribution in [2.75, 3.05) is 18.5 Å². The van der Waals surface area contributed by atoms with Crippen molar-refractivity contribution in [1.29, 1.82) is 0 Å². The Hall–Kier alpha value is -1.87. The lowest BCUT2D eigenvalue weighted by atomic mass is 10.0. The Morgan fingerprint density at radius 2 is 1.70 bits per heavy atom. The van der Waals surface area contributed by atoms with Gasteiger partial charge in [0, 0.05) is 19.3 Å². The molecule has 0 aliphatic heterocycles. The Morgan fingerprint density at radius 3 is 2.30 bits per heavy atom. The molecule has 0 saturated carbocycles. The maximum atomic E-state index is 12.9. The number of hydrogen-bond donors (Lipinski definition) is 1. The van der Waals surface area contributed by atoms with Gasteiger partial charge in [0.1, 0.15) is 5.82 Å². The Bertz CT molecular complexity index is 580. The molecule has 0 fully saturated rings. The molecule has 3 heteroatoms. The summed E-state index contributed by atoms with van der Waals surface area (Å²) in [4.78, 5) is 1.92. The van der Waals surface area contributed by atoms with Crippen molar-refractivity contribution in [2.45, 2.75) is 20.0 Å². The number of rotatable bonds is 4. The molecule has 2 rings (SSSR count). The van der Waals surface area contributed by atoms with Gasteiger partial charge in [0.25, 0.3) is 0 Å². The lowest BCUT2D eigenvalue weighted by Crippen LogP contribution is -2.24. The first kappa shape index (κ1) is 14.5.